The lowest BCUT2D eigenvalue weighted by molar-refractivity contribution is 0.0586. The van der Waals surface area contributed by atoms with E-state index in [1.54, 1.807) is 0 Å². The van der Waals surface area contributed by atoms with Crippen molar-refractivity contribution in [2.45, 2.75) is 25.1 Å². The summed E-state index contributed by atoms with van der Waals surface area (Å²) >= 11 is 0. The van der Waals surface area contributed by atoms with Crippen LogP contribution in [0.5, 0.6) is 0 Å². The molecular formula is C6H10FN. The van der Waals surface area contributed by atoms with Gasteiger partial charge in [-0.3, -0.25) is 4.90 Å². The summed E-state index contributed by atoms with van der Waals surface area (Å²) in [6, 6.07) is 0.780. The van der Waals surface area contributed by atoms with Crippen LogP contribution in [0.15, 0.2) is 0 Å². The Morgan fingerprint density at radius 1 is 1.25 bits per heavy atom. The summed E-state index contributed by atoms with van der Waals surface area (Å²) in [6.07, 6.45) is 2.12. The maximum Gasteiger partial charge on any atom is 0.125 e. The van der Waals surface area contributed by atoms with Gasteiger partial charge in [0.1, 0.15) is 6.17 Å². The number of halogens is 1. The summed E-state index contributed by atoms with van der Waals surface area (Å²) in [4.78, 5) is 2.23. The SMILES string of the molecule is FC1CN(C2CC2)C1. The van der Waals surface area contributed by atoms with Crippen LogP contribution in [-0.2, 0) is 0 Å². The van der Waals surface area contributed by atoms with E-state index < -0.39 is 6.17 Å². The van der Waals surface area contributed by atoms with Gasteiger partial charge in [-0.1, -0.05) is 0 Å². The highest BCUT2D eigenvalue weighted by Gasteiger charge is 2.37. The zero-order chi connectivity index (χ0) is 5.56. The maximum absolute atomic E-state index is 12.1. The summed E-state index contributed by atoms with van der Waals surface area (Å²) in [5.41, 5.74) is 0. The topological polar surface area (TPSA) is 3.24 Å². The third-order valence-corrected chi connectivity index (χ3v) is 1.93. The quantitative estimate of drug-likeness (QED) is 0.488. The highest BCUT2D eigenvalue weighted by molar-refractivity contribution is 4.92. The first kappa shape index (κ1) is 4.74. The molecule has 0 spiro atoms. The fraction of sp³-hybridized carbons (Fsp3) is 1.00. The Hall–Kier alpha value is -0.110. The molecule has 2 rings (SSSR count). The van der Waals surface area contributed by atoms with E-state index in [9.17, 15) is 4.39 Å². The van der Waals surface area contributed by atoms with Crippen LogP contribution in [-0.4, -0.2) is 30.2 Å². The number of alkyl halides is 1. The van der Waals surface area contributed by atoms with Gasteiger partial charge in [0.05, 0.1) is 0 Å². The smallest absolute Gasteiger partial charge is 0.125 e. The lowest BCUT2D eigenvalue weighted by Crippen LogP contribution is -2.49. The van der Waals surface area contributed by atoms with Crippen molar-refractivity contribution in [1.82, 2.24) is 4.90 Å². The highest BCUT2D eigenvalue weighted by atomic mass is 19.1. The zero-order valence-corrected chi connectivity index (χ0v) is 4.81. The molecule has 0 bridgehead atoms. The molecule has 0 amide bonds. The first-order valence-electron chi connectivity index (χ1n) is 3.24. The number of hydrogen-bond acceptors (Lipinski definition) is 1. The standard InChI is InChI=1S/C6H10FN/c7-5-3-8(4-5)6-1-2-6/h5-6H,1-4H2. The van der Waals surface area contributed by atoms with Crippen LogP contribution in [0.1, 0.15) is 12.8 Å². The molecule has 8 heavy (non-hydrogen) atoms. The Balaban J connectivity index is 1.78. The van der Waals surface area contributed by atoms with E-state index in [2.05, 4.69) is 4.90 Å². The molecule has 0 atom stereocenters. The van der Waals surface area contributed by atoms with E-state index in [-0.39, 0.29) is 0 Å². The lowest BCUT2D eigenvalue weighted by Gasteiger charge is -2.34. The van der Waals surface area contributed by atoms with Crippen molar-refractivity contribution in [1.29, 1.82) is 0 Å². The van der Waals surface area contributed by atoms with Crippen LogP contribution in [0.2, 0.25) is 0 Å². The number of rotatable bonds is 1. The van der Waals surface area contributed by atoms with Gasteiger partial charge in [0.15, 0.2) is 0 Å². The molecule has 2 heteroatoms. The third-order valence-electron chi connectivity index (χ3n) is 1.93. The van der Waals surface area contributed by atoms with Crippen LogP contribution in [0.25, 0.3) is 0 Å². The summed E-state index contributed by atoms with van der Waals surface area (Å²) in [5, 5.41) is 0. The second-order valence-electron chi connectivity index (χ2n) is 2.78. The molecule has 0 unspecified atom stereocenters. The Kier molecular flexibility index (Phi) is 0.852. The normalized spacial score (nSPS) is 32.6. The van der Waals surface area contributed by atoms with E-state index in [0.717, 1.165) is 6.04 Å². The Morgan fingerprint density at radius 3 is 2.25 bits per heavy atom. The molecular weight excluding hydrogens is 105 g/mol. The van der Waals surface area contributed by atoms with Crippen LogP contribution in [0.3, 0.4) is 0 Å². The van der Waals surface area contributed by atoms with Gasteiger partial charge in [-0.15, -0.1) is 0 Å². The minimum absolute atomic E-state index is 0.504. The molecule has 0 aromatic heterocycles. The Morgan fingerprint density at radius 2 is 1.88 bits per heavy atom. The molecule has 0 N–H and O–H groups in total. The van der Waals surface area contributed by atoms with Gasteiger partial charge in [0, 0.05) is 19.1 Å². The fourth-order valence-electron chi connectivity index (χ4n) is 1.19. The first-order chi connectivity index (χ1) is 3.86. The molecule has 1 saturated heterocycles. The average Bonchev–Trinajstić information content (AvgIpc) is 2.37. The van der Waals surface area contributed by atoms with Gasteiger partial charge in [-0.2, -0.15) is 0 Å². The summed E-state index contributed by atoms with van der Waals surface area (Å²) < 4.78 is 12.1. The van der Waals surface area contributed by atoms with E-state index in [1.807, 2.05) is 0 Å². The van der Waals surface area contributed by atoms with Crippen LogP contribution in [0, 0.1) is 0 Å². The predicted molar refractivity (Wildman–Crippen MR) is 29.5 cm³/mol. The van der Waals surface area contributed by atoms with E-state index in [0.29, 0.717) is 13.1 Å². The van der Waals surface area contributed by atoms with Gasteiger partial charge in [-0.05, 0) is 12.8 Å². The minimum Gasteiger partial charge on any atom is -0.295 e. The van der Waals surface area contributed by atoms with Crippen LogP contribution < -0.4 is 0 Å². The molecule has 1 aliphatic carbocycles. The van der Waals surface area contributed by atoms with E-state index in [4.69, 9.17) is 0 Å². The molecule has 1 saturated carbocycles. The highest BCUT2D eigenvalue weighted by Crippen LogP contribution is 2.31. The first-order valence-corrected chi connectivity index (χ1v) is 3.24. The molecule has 0 aromatic rings. The second-order valence-corrected chi connectivity index (χ2v) is 2.78. The molecule has 0 radical (unpaired) electrons. The number of likely N-dealkylation sites (tertiary alicyclic amines) is 1. The van der Waals surface area contributed by atoms with E-state index in [1.165, 1.54) is 12.8 Å². The van der Waals surface area contributed by atoms with Gasteiger partial charge >= 0.3 is 0 Å². The molecule has 1 nitrogen and oxygen atoms in total. The zero-order valence-electron chi connectivity index (χ0n) is 4.81. The molecule has 1 aliphatic heterocycles. The lowest BCUT2D eigenvalue weighted by atomic mass is 10.2. The number of hydrogen-bond donors (Lipinski definition) is 0. The second kappa shape index (κ2) is 1.44. The largest absolute Gasteiger partial charge is 0.295 e. The van der Waals surface area contributed by atoms with Crippen molar-refractivity contribution in [2.24, 2.45) is 0 Å². The third kappa shape index (κ3) is 0.635. The van der Waals surface area contributed by atoms with E-state index >= 15 is 0 Å². The summed E-state index contributed by atoms with van der Waals surface area (Å²) in [5.74, 6) is 0. The fourth-order valence-corrected chi connectivity index (χ4v) is 1.19. The van der Waals surface area contributed by atoms with Gasteiger partial charge < -0.3 is 0 Å². The van der Waals surface area contributed by atoms with Gasteiger partial charge in [-0.25, -0.2) is 4.39 Å². The molecule has 0 aromatic carbocycles. The van der Waals surface area contributed by atoms with Crippen molar-refractivity contribution < 1.29 is 4.39 Å². The predicted octanol–water partition coefficient (Wildman–Crippen LogP) is 0.802. The maximum atomic E-state index is 12.1. The molecule has 1 heterocycles. The molecule has 46 valence electrons. The van der Waals surface area contributed by atoms with Crippen molar-refractivity contribution in [3.8, 4) is 0 Å². The summed E-state index contributed by atoms with van der Waals surface area (Å²) in [6.45, 7) is 1.43. The Labute approximate surface area is 48.5 Å². The Bertz CT molecular complexity index is 94.7. The monoisotopic (exact) mass is 115 g/mol. The minimum atomic E-state index is -0.504. The van der Waals surface area contributed by atoms with Crippen molar-refractivity contribution in [3.63, 3.8) is 0 Å². The van der Waals surface area contributed by atoms with Crippen LogP contribution in [0.4, 0.5) is 4.39 Å². The van der Waals surface area contributed by atoms with Crippen molar-refractivity contribution >= 4 is 0 Å². The average molecular weight is 115 g/mol. The van der Waals surface area contributed by atoms with Gasteiger partial charge in [0.25, 0.3) is 0 Å². The summed E-state index contributed by atoms with van der Waals surface area (Å²) in [7, 11) is 0. The van der Waals surface area contributed by atoms with Crippen molar-refractivity contribution in [2.75, 3.05) is 13.1 Å². The van der Waals surface area contributed by atoms with Gasteiger partial charge in [0.2, 0.25) is 0 Å². The van der Waals surface area contributed by atoms with Crippen LogP contribution >= 0.6 is 0 Å². The molecule has 2 aliphatic rings. The van der Waals surface area contributed by atoms with Crippen molar-refractivity contribution in [3.05, 3.63) is 0 Å². The number of nitrogens with zero attached hydrogens (tertiary/aromatic N) is 1. The molecule has 2 fully saturated rings.